The molecule has 140 valence electrons. The Morgan fingerprint density at radius 1 is 1.27 bits per heavy atom. The van der Waals surface area contributed by atoms with E-state index in [-0.39, 0.29) is 6.03 Å². The van der Waals surface area contributed by atoms with Crippen LogP contribution >= 0.6 is 0 Å². The maximum Gasteiger partial charge on any atom is 0.338 e. The standard InChI is InChI=1S/C20H27N3O3/c1-13-8-10-23(11-9-13)12-16-17(19(24)26-3)18(22-20(25)21-16)15-7-5-4-6-14(15)2/h4-7,13,18H,8-12H2,1-3H3,(H2,21,22,25)/p+1/t18-/m0/s1. The monoisotopic (exact) mass is 358 g/mol. The number of hydrogen-bond donors (Lipinski definition) is 3. The van der Waals surface area contributed by atoms with Crippen LogP contribution in [0.4, 0.5) is 4.79 Å². The number of carbonyl (C=O) groups is 2. The topological polar surface area (TPSA) is 71.9 Å². The van der Waals surface area contributed by atoms with E-state index in [0.717, 1.165) is 30.1 Å². The minimum atomic E-state index is -0.490. The number of carbonyl (C=O) groups excluding carboxylic acids is 2. The van der Waals surface area contributed by atoms with E-state index in [1.165, 1.54) is 24.9 Å². The number of quaternary nitrogens is 1. The Labute approximate surface area is 154 Å². The Bertz CT molecular complexity index is 721. The van der Waals surface area contributed by atoms with Crippen molar-refractivity contribution in [2.45, 2.75) is 32.7 Å². The van der Waals surface area contributed by atoms with Crippen LogP contribution in [0.3, 0.4) is 0 Å². The second kappa shape index (κ2) is 7.91. The second-order valence-electron chi connectivity index (χ2n) is 7.38. The summed E-state index contributed by atoms with van der Waals surface area (Å²) in [4.78, 5) is 26.3. The molecule has 0 aliphatic carbocycles. The van der Waals surface area contributed by atoms with Gasteiger partial charge in [-0.1, -0.05) is 31.2 Å². The molecule has 6 heteroatoms. The molecule has 0 aromatic heterocycles. The van der Waals surface area contributed by atoms with Gasteiger partial charge in [0.05, 0.1) is 37.5 Å². The van der Waals surface area contributed by atoms with Gasteiger partial charge in [-0.05, 0) is 36.8 Å². The number of esters is 1. The Kier molecular flexibility index (Phi) is 5.61. The molecule has 0 bridgehead atoms. The quantitative estimate of drug-likeness (QED) is 0.706. The fourth-order valence-electron chi connectivity index (χ4n) is 3.85. The summed E-state index contributed by atoms with van der Waals surface area (Å²) in [6, 6.07) is 7.03. The van der Waals surface area contributed by atoms with Crippen molar-refractivity contribution in [1.82, 2.24) is 10.6 Å². The van der Waals surface area contributed by atoms with Gasteiger partial charge in [0.25, 0.3) is 0 Å². The largest absolute Gasteiger partial charge is 0.466 e. The van der Waals surface area contributed by atoms with E-state index in [2.05, 4.69) is 17.6 Å². The number of hydrogen-bond acceptors (Lipinski definition) is 3. The average Bonchev–Trinajstić information content (AvgIpc) is 2.63. The van der Waals surface area contributed by atoms with Crippen molar-refractivity contribution < 1.29 is 19.2 Å². The van der Waals surface area contributed by atoms with Crippen molar-refractivity contribution in [3.63, 3.8) is 0 Å². The molecule has 3 N–H and O–H groups in total. The molecule has 1 saturated heterocycles. The van der Waals surface area contributed by atoms with Crippen molar-refractivity contribution >= 4 is 12.0 Å². The Balaban J connectivity index is 1.96. The predicted molar refractivity (Wildman–Crippen MR) is 98.6 cm³/mol. The summed E-state index contributed by atoms with van der Waals surface area (Å²) < 4.78 is 5.06. The van der Waals surface area contributed by atoms with Crippen molar-refractivity contribution in [2.24, 2.45) is 5.92 Å². The molecular weight excluding hydrogens is 330 g/mol. The van der Waals surface area contributed by atoms with Crippen LogP contribution in [0, 0.1) is 12.8 Å². The second-order valence-corrected chi connectivity index (χ2v) is 7.38. The summed E-state index contributed by atoms with van der Waals surface area (Å²) in [5.41, 5.74) is 3.13. The zero-order chi connectivity index (χ0) is 18.7. The van der Waals surface area contributed by atoms with E-state index in [4.69, 9.17) is 4.74 Å². The first-order valence-electron chi connectivity index (χ1n) is 9.27. The number of ether oxygens (including phenoxy) is 1. The normalized spacial score (nSPS) is 26.1. The van der Waals surface area contributed by atoms with Crippen molar-refractivity contribution in [1.29, 1.82) is 0 Å². The number of likely N-dealkylation sites (tertiary alicyclic amines) is 1. The van der Waals surface area contributed by atoms with Gasteiger partial charge in [0.2, 0.25) is 0 Å². The molecule has 2 heterocycles. The van der Waals surface area contributed by atoms with E-state index in [0.29, 0.717) is 17.8 Å². The van der Waals surface area contributed by atoms with Gasteiger partial charge in [-0.25, -0.2) is 9.59 Å². The number of urea groups is 1. The predicted octanol–water partition coefficient (Wildman–Crippen LogP) is 1.09. The summed E-state index contributed by atoms with van der Waals surface area (Å²) in [5, 5.41) is 5.76. The SMILES string of the molecule is COC(=O)C1=C(C[NH+]2CCC(C)CC2)NC(=O)N[C@H]1c1ccccc1C. The Hall–Kier alpha value is -2.34. The van der Waals surface area contributed by atoms with E-state index >= 15 is 0 Å². The minimum absolute atomic E-state index is 0.273. The van der Waals surface area contributed by atoms with Gasteiger partial charge in [-0.2, -0.15) is 0 Å². The summed E-state index contributed by atoms with van der Waals surface area (Å²) in [6.45, 7) is 6.99. The first kappa shape index (κ1) is 18.5. The lowest BCUT2D eigenvalue weighted by Gasteiger charge is -2.33. The number of aryl methyl sites for hydroxylation is 1. The number of benzene rings is 1. The highest BCUT2D eigenvalue weighted by atomic mass is 16.5. The lowest BCUT2D eigenvalue weighted by Crippen LogP contribution is -3.13. The van der Waals surface area contributed by atoms with Crippen LogP contribution in [0.2, 0.25) is 0 Å². The summed E-state index contributed by atoms with van der Waals surface area (Å²) in [7, 11) is 1.38. The number of methoxy groups -OCH3 is 1. The molecule has 0 saturated carbocycles. The van der Waals surface area contributed by atoms with Crippen molar-refractivity contribution in [2.75, 3.05) is 26.7 Å². The van der Waals surface area contributed by atoms with Crippen LogP contribution < -0.4 is 15.5 Å². The molecule has 0 unspecified atom stereocenters. The molecule has 1 atom stereocenters. The zero-order valence-electron chi connectivity index (χ0n) is 15.7. The van der Waals surface area contributed by atoms with Crippen LogP contribution in [-0.4, -0.2) is 38.7 Å². The lowest BCUT2D eigenvalue weighted by atomic mass is 9.91. The molecule has 26 heavy (non-hydrogen) atoms. The molecule has 2 aliphatic rings. The highest BCUT2D eigenvalue weighted by Crippen LogP contribution is 2.29. The maximum absolute atomic E-state index is 12.6. The summed E-state index contributed by atoms with van der Waals surface area (Å²) in [6.07, 6.45) is 2.34. The van der Waals surface area contributed by atoms with Crippen LogP contribution in [0.1, 0.15) is 36.9 Å². The van der Waals surface area contributed by atoms with Gasteiger partial charge in [-0.3, -0.25) is 0 Å². The molecule has 2 amide bonds. The van der Waals surface area contributed by atoms with Crippen molar-refractivity contribution in [3.8, 4) is 0 Å². The molecule has 0 spiro atoms. The molecule has 3 rings (SSSR count). The van der Waals surface area contributed by atoms with Gasteiger partial charge in [0.1, 0.15) is 6.54 Å². The fraction of sp³-hybridized carbons (Fsp3) is 0.500. The van der Waals surface area contributed by atoms with E-state index in [1.807, 2.05) is 31.2 Å². The molecule has 1 aromatic rings. The summed E-state index contributed by atoms with van der Waals surface area (Å²) >= 11 is 0. The number of piperidine rings is 1. The molecule has 6 nitrogen and oxygen atoms in total. The van der Waals surface area contributed by atoms with Crippen LogP contribution in [0.5, 0.6) is 0 Å². The van der Waals surface area contributed by atoms with Gasteiger partial charge in [-0.15, -0.1) is 0 Å². The molecule has 1 fully saturated rings. The van der Waals surface area contributed by atoms with E-state index in [9.17, 15) is 9.59 Å². The third kappa shape index (κ3) is 3.90. The Morgan fingerprint density at radius 2 is 1.96 bits per heavy atom. The van der Waals surface area contributed by atoms with Crippen LogP contribution in [-0.2, 0) is 9.53 Å². The van der Waals surface area contributed by atoms with Crippen LogP contribution in [0.15, 0.2) is 35.5 Å². The minimum Gasteiger partial charge on any atom is -0.466 e. The molecule has 1 aromatic carbocycles. The van der Waals surface area contributed by atoms with Gasteiger partial charge >= 0.3 is 12.0 Å². The van der Waals surface area contributed by atoms with Crippen LogP contribution in [0.25, 0.3) is 0 Å². The maximum atomic E-state index is 12.6. The summed E-state index contributed by atoms with van der Waals surface area (Å²) in [5.74, 6) is 0.348. The van der Waals surface area contributed by atoms with E-state index < -0.39 is 12.0 Å². The van der Waals surface area contributed by atoms with Gasteiger partial charge in [0, 0.05) is 0 Å². The smallest absolute Gasteiger partial charge is 0.338 e. The van der Waals surface area contributed by atoms with Gasteiger partial charge in [0.15, 0.2) is 0 Å². The molecule has 2 aliphatic heterocycles. The number of amides is 2. The first-order chi connectivity index (χ1) is 12.5. The Morgan fingerprint density at radius 3 is 2.62 bits per heavy atom. The molecular formula is C20H28N3O3+. The lowest BCUT2D eigenvalue weighted by molar-refractivity contribution is -0.901. The van der Waals surface area contributed by atoms with Gasteiger partial charge < -0.3 is 20.3 Å². The highest BCUT2D eigenvalue weighted by Gasteiger charge is 2.36. The number of rotatable bonds is 4. The third-order valence-corrected chi connectivity index (χ3v) is 5.47. The fourth-order valence-corrected chi connectivity index (χ4v) is 3.85. The van der Waals surface area contributed by atoms with Crippen molar-refractivity contribution in [3.05, 3.63) is 46.7 Å². The zero-order valence-corrected chi connectivity index (χ0v) is 15.7. The molecule has 0 radical (unpaired) electrons. The highest BCUT2D eigenvalue weighted by molar-refractivity contribution is 5.95. The van der Waals surface area contributed by atoms with E-state index in [1.54, 1.807) is 0 Å². The third-order valence-electron chi connectivity index (χ3n) is 5.47. The first-order valence-corrected chi connectivity index (χ1v) is 9.27. The number of nitrogens with one attached hydrogen (secondary N) is 3. The average molecular weight is 358 g/mol.